The fourth-order valence-corrected chi connectivity index (χ4v) is 2.37. The highest BCUT2D eigenvalue weighted by Gasteiger charge is 2.28. The highest BCUT2D eigenvalue weighted by atomic mass is 14.3. The predicted molar refractivity (Wildman–Crippen MR) is 50.6 cm³/mol. The molecule has 1 unspecified atom stereocenters. The standard InChI is InChI=1S/C11H20/c1-5-10-6-9(2)7-11(3,4)8-10/h10H,2,5-8H2,1,3-4H3. The summed E-state index contributed by atoms with van der Waals surface area (Å²) in [6, 6.07) is 0. The van der Waals surface area contributed by atoms with E-state index in [4.69, 9.17) is 0 Å². The molecule has 1 aliphatic carbocycles. The van der Waals surface area contributed by atoms with Crippen LogP contribution in [0.2, 0.25) is 0 Å². The lowest BCUT2D eigenvalue weighted by Gasteiger charge is -2.36. The molecular weight excluding hydrogens is 132 g/mol. The maximum absolute atomic E-state index is 4.11. The number of allylic oxidation sites excluding steroid dienone is 1. The van der Waals surface area contributed by atoms with E-state index in [-0.39, 0.29) is 0 Å². The summed E-state index contributed by atoms with van der Waals surface area (Å²) in [5.41, 5.74) is 1.99. The van der Waals surface area contributed by atoms with Crippen molar-refractivity contribution in [3.05, 3.63) is 12.2 Å². The molecule has 64 valence electrons. The second-order valence-electron chi connectivity index (χ2n) is 4.77. The zero-order chi connectivity index (χ0) is 8.48. The zero-order valence-corrected chi connectivity index (χ0v) is 8.11. The summed E-state index contributed by atoms with van der Waals surface area (Å²) in [5.74, 6) is 0.909. The van der Waals surface area contributed by atoms with Crippen molar-refractivity contribution < 1.29 is 0 Å². The Morgan fingerprint density at radius 3 is 2.64 bits per heavy atom. The van der Waals surface area contributed by atoms with Crippen molar-refractivity contribution in [2.75, 3.05) is 0 Å². The lowest BCUT2D eigenvalue weighted by atomic mass is 9.70. The van der Waals surface area contributed by atoms with Crippen molar-refractivity contribution in [2.45, 2.75) is 46.5 Å². The van der Waals surface area contributed by atoms with Crippen LogP contribution in [0.25, 0.3) is 0 Å². The van der Waals surface area contributed by atoms with Crippen LogP contribution < -0.4 is 0 Å². The third kappa shape index (κ3) is 2.36. The summed E-state index contributed by atoms with van der Waals surface area (Å²) in [4.78, 5) is 0. The first kappa shape index (κ1) is 8.83. The molecule has 0 spiro atoms. The van der Waals surface area contributed by atoms with Gasteiger partial charge in [0.1, 0.15) is 0 Å². The first-order chi connectivity index (χ1) is 5.03. The molecule has 1 saturated carbocycles. The summed E-state index contributed by atoms with van der Waals surface area (Å²) in [5, 5.41) is 0. The highest BCUT2D eigenvalue weighted by Crippen LogP contribution is 2.41. The molecule has 0 saturated heterocycles. The van der Waals surface area contributed by atoms with Gasteiger partial charge in [0.15, 0.2) is 0 Å². The third-order valence-corrected chi connectivity index (χ3v) is 2.72. The Hall–Kier alpha value is -0.260. The topological polar surface area (TPSA) is 0 Å². The van der Waals surface area contributed by atoms with Crippen LogP contribution in [-0.4, -0.2) is 0 Å². The van der Waals surface area contributed by atoms with Gasteiger partial charge in [0.25, 0.3) is 0 Å². The molecule has 1 atom stereocenters. The van der Waals surface area contributed by atoms with Crippen molar-refractivity contribution in [3.63, 3.8) is 0 Å². The molecule has 1 rings (SSSR count). The van der Waals surface area contributed by atoms with Crippen LogP contribution in [0.1, 0.15) is 46.5 Å². The molecule has 0 aliphatic heterocycles. The molecule has 0 nitrogen and oxygen atoms in total. The molecule has 0 radical (unpaired) electrons. The summed E-state index contributed by atoms with van der Waals surface area (Å²) in [6.45, 7) is 11.1. The van der Waals surface area contributed by atoms with E-state index >= 15 is 0 Å². The molecular formula is C11H20. The Balaban J connectivity index is 2.58. The lowest BCUT2D eigenvalue weighted by molar-refractivity contribution is 0.219. The molecule has 11 heavy (non-hydrogen) atoms. The third-order valence-electron chi connectivity index (χ3n) is 2.72. The van der Waals surface area contributed by atoms with Crippen LogP contribution in [0.5, 0.6) is 0 Å². The maximum atomic E-state index is 4.11. The van der Waals surface area contributed by atoms with E-state index in [0.717, 1.165) is 5.92 Å². The largest absolute Gasteiger partial charge is 0.0998 e. The second-order valence-corrected chi connectivity index (χ2v) is 4.77. The molecule has 1 fully saturated rings. The lowest BCUT2D eigenvalue weighted by Crippen LogP contribution is -2.23. The maximum Gasteiger partial charge on any atom is -0.0271 e. The van der Waals surface area contributed by atoms with E-state index in [0.29, 0.717) is 5.41 Å². The average molecular weight is 152 g/mol. The highest BCUT2D eigenvalue weighted by molar-refractivity contribution is 5.04. The minimum absolute atomic E-state index is 0.524. The Bertz CT molecular complexity index is 153. The van der Waals surface area contributed by atoms with Crippen LogP contribution in [-0.2, 0) is 0 Å². The second kappa shape index (κ2) is 3.00. The zero-order valence-electron chi connectivity index (χ0n) is 8.11. The SMILES string of the molecule is C=C1CC(CC)CC(C)(C)C1. The minimum Gasteiger partial charge on any atom is -0.0998 e. The van der Waals surface area contributed by atoms with Gasteiger partial charge in [-0.15, -0.1) is 0 Å². The summed E-state index contributed by atoms with van der Waals surface area (Å²) in [6.07, 6.45) is 5.23. The fourth-order valence-electron chi connectivity index (χ4n) is 2.37. The van der Waals surface area contributed by atoms with Gasteiger partial charge in [-0.25, -0.2) is 0 Å². The van der Waals surface area contributed by atoms with Crippen LogP contribution >= 0.6 is 0 Å². The Morgan fingerprint density at radius 2 is 2.18 bits per heavy atom. The first-order valence-electron chi connectivity index (χ1n) is 4.70. The molecule has 0 amide bonds. The van der Waals surface area contributed by atoms with Gasteiger partial charge in [0.2, 0.25) is 0 Å². The molecule has 0 aromatic carbocycles. The van der Waals surface area contributed by atoms with Crippen molar-refractivity contribution in [2.24, 2.45) is 11.3 Å². The van der Waals surface area contributed by atoms with E-state index < -0.39 is 0 Å². The number of rotatable bonds is 1. The summed E-state index contributed by atoms with van der Waals surface area (Å²) < 4.78 is 0. The number of hydrogen-bond acceptors (Lipinski definition) is 0. The van der Waals surface area contributed by atoms with Crippen molar-refractivity contribution in [1.82, 2.24) is 0 Å². The molecule has 1 aliphatic rings. The van der Waals surface area contributed by atoms with Gasteiger partial charge in [-0.2, -0.15) is 0 Å². The average Bonchev–Trinajstić information content (AvgIpc) is 1.83. The number of hydrogen-bond donors (Lipinski definition) is 0. The van der Waals surface area contributed by atoms with Gasteiger partial charge in [-0.1, -0.05) is 39.3 Å². The summed E-state index contributed by atoms with van der Waals surface area (Å²) >= 11 is 0. The molecule has 0 heteroatoms. The Kier molecular flexibility index (Phi) is 2.41. The van der Waals surface area contributed by atoms with Crippen molar-refractivity contribution in [1.29, 1.82) is 0 Å². The van der Waals surface area contributed by atoms with Gasteiger partial charge >= 0.3 is 0 Å². The predicted octanol–water partition coefficient (Wildman–Crippen LogP) is 3.78. The van der Waals surface area contributed by atoms with Crippen molar-refractivity contribution in [3.8, 4) is 0 Å². The molecule has 0 bridgehead atoms. The normalized spacial score (nSPS) is 30.5. The monoisotopic (exact) mass is 152 g/mol. The van der Waals surface area contributed by atoms with Crippen molar-refractivity contribution >= 4 is 0 Å². The minimum atomic E-state index is 0.524. The Morgan fingerprint density at radius 1 is 1.55 bits per heavy atom. The van der Waals surface area contributed by atoms with Gasteiger partial charge in [-0.05, 0) is 30.6 Å². The molecule has 0 aromatic heterocycles. The van der Waals surface area contributed by atoms with Gasteiger partial charge in [0.05, 0.1) is 0 Å². The Labute approximate surface area is 70.7 Å². The fraction of sp³-hybridized carbons (Fsp3) is 0.818. The molecule has 0 N–H and O–H groups in total. The molecule has 0 aromatic rings. The van der Waals surface area contributed by atoms with Crippen LogP contribution in [0.3, 0.4) is 0 Å². The van der Waals surface area contributed by atoms with Gasteiger partial charge in [-0.3, -0.25) is 0 Å². The van der Waals surface area contributed by atoms with E-state index in [1.807, 2.05) is 0 Å². The smallest absolute Gasteiger partial charge is 0.0271 e. The van der Waals surface area contributed by atoms with Crippen LogP contribution in [0, 0.1) is 11.3 Å². The summed E-state index contributed by atoms with van der Waals surface area (Å²) in [7, 11) is 0. The van der Waals surface area contributed by atoms with Crippen LogP contribution in [0.4, 0.5) is 0 Å². The van der Waals surface area contributed by atoms with Crippen LogP contribution in [0.15, 0.2) is 12.2 Å². The molecule has 0 heterocycles. The quantitative estimate of drug-likeness (QED) is 0.502. The van der Waals surface area contributed by atoms with E-state index in [1.54, 1.807) is 0 Å². The van der Waals surface area contributed by atoms with E-state index in [2.05, 4.69) is 27.4 Å². The van der Waals surface area contributed by atoms with E-state index in [9.17, 15) is 0 Å². The van der Waals surface area contributed by atoms with E-state index in [1.165, 1.54) is 31.3 Å². The van der Waals surface area contributed by atoms with Gasteiger partial charge < -0.3 is 0 Å². The van der Waals surface area contributed by atoms with Gasteiger partial charge in [0, 0.05) is 0 Å². The first-order valence-corrected chi connectivity index (χ1v) is 4.70.